The Bertz CT molecular complexity index is 18.5. The molecule has 0 aromatic rings. The van der Waals surface area contributed by atoms with Crippen molar-refractivity contribution in [1.82, 2.24) is 0 Å². The quantitative estimate of drug-likeness (QED) is 0.382. The van der Waals surface area contributed by atoms with Crippen LogP contribution < -0.4 is 0 Å². The molecule has 4 heavy (non-hydrogen) atoms. The van der Waals surface area contributed by atoms with Crippen LogP contribution >= 0.6 is 11.6 Å². The summed E-state index contributed by atoms with van der Waals surface area (Å²) in [5, 5.41) is 0. The summed E-state index contributed by atoms with van der Waals surface area (Å²) in [4.78, 5) is 0. The lowest BCUT2D eigenvalue weighted by Crippen LogP contribution is -1.21. The van der Waals surface area contributed by atoms with Crippen LogP contribution in [0.2, 0.25) is 0 Å². The van der Waals surface area contributed by atoms with Crippen LogP contribution in [-0.4, -0.2) is 0 Å². The first-order valence-corrected chi connectivity index (χ1v) is 1.32. The summed E-state index contributed by atoms with van der Waals surface area (Å²) in [5.41, 5.74) is 1.25. The first-order valence-electron chi connectivity index (χ1n) is 0.885. The Hall–Kier alpha value is -0.100. The van der Waals surface area contributed by atoms with Gasteiger partial charge in [-0.3, -0.25) is 0 Å². The summed E-state index contributed by atoms with van der Waals surface area (Å²) in [6, 6.07) is 0. The minimum Gasteiger partial charge on any atom is 0.0295 e. The van der Waals surface area contributed by atoms with E-state index in [-0.39, 0.29) is 0 Å². The third kappa shape index (κ3) is 1.90. The van der Waals surface area contributed by atoms with Crippen molar-refractivity contribution in [2.45, 2.75) is 0 Å². The van der Waals surface area contributed by atoms with E-state index < -0.39 is 0 Å². The minimum atomic E-state index is 1.25. The first-order chi connectivity index (χ1) is 1.91. The molecule has 0 aliphatic heterocycles. The Morgan fingerprint density at radius 1 is 1.75 bits per heavy atom. The lowest BCUT2D eigenvalue weighted by Gasteiger charge is -1.29. The van der Waals surface area contributed by atoms with Gasteiger partial charge in [0.05, 0.1) is 0 Å². The molecule has 0 N–H and O–H groups in total. The van der Waals surface area contributed by atoms with E-state index in [1.807, 2.05) is 0 Å². The van der Waals surface area contributed by atoms with Gasteiger partial charge in [0.15, 0.2) is 0 Å². The number of halogens is 1. The Kier molecular flexibility index (Phi) is 2.83. The second kappa shape index (κ2) is 2.90. The van der Waals surface area contributed by atoms with Gasteiger partial charge in [-0.1, -0.05) is 0 Å². The molecule has 0 bridgehead atoms. The maximum absolute atomic E-state index is 4.88. The van der Waals surface area contributed by atoms with Gasteiger partial charge in [0.1, 0.15) is 18.5 Å². The molecule has 0 atom stereocenters. The molecular formula is C3H3Cl+. The zero-order valence-corrected chi connectivity index (χ0v) is 2.87. The number of hydrogen-bond acceptors (Lipinski definition) is 0. The maximum Gasteiger partial charge on any atom is 0.149 e. The van der Waals surface area contributed by atoms with Crippen molar-refractivity contribution in [2.75, 3.05) is 0 Å². The zero-order chi connectivity index (χ0) is 3.41. The predicted molar refractivity (Wildman–Crippen MR) is 19.3 cm³/mol. The van der Waals surface area contributed by atoms with Gasteiger partial charge in [-0.2, -0.15) is 0 Å². The summed E-state index contributed by atoms with van der Waals surface area (Å²) >= 11 is 4.88. The van der Waals surface area contributed by atoms with Crippen molar-refractivity contribution in [1.29, 1.82) is 0 Å². The molecule has 0 aromatic carbocycles. The molecular weight excluding hydrogens is 71.5 g/mol. The highest BCUT2D eigenvalue weighted by Crippen LogP contribution is 1.70. The topological polar surface area (TPSA) is 0 Å². The molecule has 0 saturated carbocycles. The van der Waals surface area contributed by atoms with E-state index in [1.165, 1.54) is 11.6 Å². The largest absolute Gasteiger partial charge is 0.149 e. The van der Waals surface area contributed by atoms with Crippen LogP contribution in [0, 0.1) is 6.92 Å². The second-order valence-electron chi connectivity index (χ2n) is 0.318. The van der Waals surface area contributed by atoms with Crippen LogP contribution in [0.25, 0.3) is 0 Å². The van der Waals surface area contributed by atoms with E-state index in [4.69, 9.17) is 18.5 Å². The summed E-state index contributed by atoms with van der Waals surface area (Å²) in [7, 11) is 0. The van der Waals surface area contributed by atoms with Gasteiger partial charge in [-0.25, -0.2) is 0 Å². The van der Waals surface area contributed by atoms with Crippen LogP contribution in [0.4, 0.5) is 0 Å². The average Bonchev–Trinajstić information content (AvgIpc) is 1.37. The zero-order valence-electron chi connectivity index (χ0n) is 2.11. The van der Waals surface area contributed by atoms with Crippen LogP contribution in [-0.2, 0) is 0 Å². The van der Waals surface area contributed by atoms with Crippen molar-refractivity contribution in [2.24, 2.45) is 0 Å². The Morgan fingerprint density at radius 3 is 2.00 bits per heavy atom. The van der Waals surface area contributed by atoms with Gasteiger partial charge < -0.3 is 0 Å². The van der Waals surface area contributed by atoms with Gasteiger partial charge >= 0.3 is 0 Å². The molecule has 0 fully saturated rings. The Morgan fingerprint density at radius 2 is 2.00 bits per heavy atom. The molecule has 0 nitrogen and oxygen atoms in total. The lowest BCUT2D eigenvalue weighted by molar-refractivity contribution is 2.15. The van der Waals surface area contributed by atoms with Crippen LogP contribution in [0.15, 0.2) is 11.6 Å². The van der Waals surface area contributed by atoms with Crippen LogP contribution in [0.3, 0.4) is 0 Å². The molecule has 21 valence electrons. The summed E-state index contributed by atoms with van der Waals surface area (Å²) in [6.07, 6.45) is 1.27. The van der Waals surface area contributed by atoms with E-state index in [9.17, 15) is 0 Å². The first kappa shape index (κ1) is 3.90. The molecule has 0 saturated heterocycles. The summed E-state index contributed by atoms with van der Waals surface area (Å²) in [6.45, 7) is 4.72. The van der Waals surface area contributed by atoms with Crippen molar-refractivity contribution in [3.05, 3.63) is 18.5 Å². The molecule has 0 aliphatic rings. The molecule has 0 aliphatic carbocycles. The number of allylic oxidation sites excluding steroid dienone is 1. The highest BCUT2D eigenvalue weighted by Gasteiger charge is 1.54. The summed E-state index contributed by atoms with van der Waals surface area (Å²) < 4.78 is 0. The highest BCUT2D eigenvalue weighted by atomic mass is 35.5. The normalized spacial score (nSPS) is 9.25. The van der Waals surface area contributed by atoms with Crippen molar-refractivity contribution >= 4 is 11.6 Å². The third-order valence-corrected chi connectivity index (χ3v) is 0.218. The third-order valence-electron chi connectivity index (χ3n) is 0.0727. The monoisotopic (exact) mass is 74.0 g/mol. The van der Waals surface area contributed by atoms with Crippen molar-refractivity contribution in [3.8, 4) is 0 Å². The van der Waals surface area contributed by atoms with Crippen molar-refractivity contribution in [3.63, 3.8) is 0 Å². The van der Waals surface area contributed by atoms with Crippen LogP contribution in [0.5, 0.6) is 0 Å². The molecule has 0 aromatic heterocycles. The van der Waals surface area contributed by atoms with E-state index in [0.717, 1.165) is 0 Å². The summed E-state index contributed by atoms with van der Waals surface area (Å²) in [5.74, 6) is 0. The molecule has 0 heterocycles. The molecule has 1 radical (unpaired) electrons. The van der Waals surface area contributed by atoms with Gasteiger partial charge in [0.25, 0.3) is 0 Å². The van der Waals surface area contributed by atoms with E-state index >= 15 is 0 Å². The fourth-order valence-electron chi connectivity index (χ4n) is 0. The minimum absolute atomic E-state index is 1.25. The van der Waals surface area contributed by atoms with Crippen molar-refractivity contribution < 1.29 is 0 Å². The van der Waals surface area contributed by atoms with Gasteiger partial charge in [0, 0.05) is 11.6 Å². The van der Waals surface area contributed by atoms with Crippen LogP contribution in [0.1, 0.15) is 0 Å². The Balaban J connectivity index is 2.55. The van der Waals surface area contributed by atoms with Gasteiger partial charge in [-0.15, -0.1) is 0 Å². The molecule has 0 rings (SSSR count). The molecule has 1 heteroatoms. The number of hydrogen-bond donors (Lipinski definition) is 0. The predicted octanol–water partition coefficient (Wildman–Crippen LogP) is 1.45. The SMILES string of the molecule is [CH+]/C=C\Cl. The van der Waals surface area contributed by atoms with Gasteiger partial charge in [0.2, 0.25) is 0 Å². The maximum atomic E-state index is 4.88. The fourth-order valence-corrected chi connectivity index (χ4v) is 0. The fraction of sp³-hybridized carbons (Fsp3) is 0. The average molecular weight is 74.5 g/mol. The highest BCUT2D eigenvalue weighted by molar-refractivity contribution is 6.25. The Labute approximate surface area is 31.1 Å². The van der Waals surface area contributed by atoms with E-state index in [0.29, 0.717) is 0 Å². The molecule has 0 amide bonds. The number of rotatable bonds is 0. The lowest BCUT2D eigenvalue weighted by atomic mass is 10.8. The molecule has 0 unspecified atom stereocenters. The standard InChI is InChI=1S/C3H3Cl/c1-2-3-4/h1-3H/q+1/b3-2-. The van der Waals surface area contributed by atoms with E-state index in [1.54, 1.807) is 0 Å². The second-order valence-corrected chi connectivity index (χ2v) is 0.570. The smallest absolute Gasteiger partial charge is 0.0295 e. The van der Waals surface area contributed by atoms with Gasteiger partial charge in [-0.05, 0) is 0 Å². The van der Waals surface area contributed by atoms with E-state index in [2.05, 4.69) is 0 Å². The molecule has 0 spiro atoms.